The van der Waals surface area contributed by atoms with E-state index >= 15 is 0 Å². The molecule has 10 rings (SSSR count). The fourth-order valence-corrected chi connectivity index (χ4v) is 9.17. The van der Waals surface area contributed by atoms with E-state index < -0.39 is 0 Å². The topological polar surface area (TPSA) is 90.3 Å². The largest absolute Gasteiger partial charge is 0.274 e. The Morgan fingerprint density at radius 3 is 0.828 bits per heavy atom. The lowest BCUT2D eigenvalue weighted by molar-refractivity contribution is -0.708. The molecule has 314 valence electrons. The normalized spacial score (nSPS) is 13.4. The summed E-state index contributed by atoms with van der Waals surface area (Å²) >= 11 is 0. The van der Waals surface area contributed by atoms with Gasteiger partial charge in [0.15, 0.2) is 49.6 Å². The summed E-state index contributed by atoms with van der Waals surface area (Å²) < 4.78 is 8.66. The lowest BCUT2D eigenvalue weighted by atomic mass is 9.94. The van der Waals surface area contributed by atoms with E-state index in [1.807, 2.05) is 72.8 Å². The summed E-state index contributed by atoms with van der Waals surface area (Å²) in [6, 6.07) is 39.6. The number of aromatic nitrogens is 4. The van der Waals surface area contributed by atoms with E-state index in [2.05, 4.69) is 116 Å². The van der Waals surface area contributed by atoms with Crippen molar-refractivity contribution in [1.82, 2.24) is 9.80 Å². The molecule has 8 aromatic rings. The number of imide groups is 2. The summed E-state index contributed by atoms with van der Waals surface area (Å²) in [6.07, 6.45) is 20.2. The van der Waals surface area contributed by atoms with Gasteiger partial charge in [-0.05, 0) is 57.3 Å². The molecule has 0 unspecified atom stereocenters. The molecule has 2 aliphatic heterocycles. The highest BCUT2D eigenvalue weighted by Gasteiger charge is 2.34. The number of hydrogen-bond acceptors (Lipinski definition) is 4. The van der Waals surface area contributed by atoms with Gasteiger partial charge in [0.1, 0.15) is 26.2 Å². The van der Waals surface area contributed by atoms with E-state index in [1.54, 1.807) is 0 Å². The van der Waals surface area contributed by atoms with Crippen LogP contribution in [0.4, 0.5) is 0 Å². The summed E-state index contributed by atoms with van der Waals surface area (Å²) in [4.78, 5) is 55.8. The molecule has 0 radical (unpaired) electrons. The van der Waals surface area contributed by atoms with E-state index in [0.717, 1.165) is 69.7 Å². The Morgan fingerprint density at radius 2 is 0.562 bits per heavy atom. The highest BCUT2D eigenvalue weighted by atomic mass is 16.2. The molecule has 4 aromatic carbocycles. The van der Waals surface area contributed by atoms with Crippen LogP contribution < -0.4 is 18.3 Å². The second-order valence-electron chi connectivity index (χ2n) is 16.7. The van der Waals surface area contributed by atoms with Crippen molar-refractivity contribution in [3.63, 3.8) is 0 Å². The number of rotatable bonds is 15. The SMILES string of the molecule is O=C1c2cccc3cccc(c23)C(=O)N1CCC[n+]1ccc(-c2cc[n+](CCCC[n+]3ccc(-c4cc[n+](CCCN5C(=O)c6cccc7cccc(c67)C5=O)cc4)cc3)cc2)cc1. The van der Waals surface area contributed by atoms with Gasteiger partial charge in [0.2, 0.25) is 0 Å². The van der Waals surface area contributed by atoms with Gasteiger partial charge in [0.05, 0.1) is 0 Å². The first-order valence-corrected chi connectivity index (χ1v) is 22.1. The predicted octanol–water partition coefficient (Wildman–Crippen LogP) is 7.33. The fraction of sp³-hybridized carbons (Fsp3) is 0.185. The Hall–Kier alpha value is -7.72. The monoisotopic (exact) mass is 844 g/mol. The molecule has 10 nitrogen and oxygen atoms in total. The maximum Gasteiger partial charge on any atom is 0.261 e. The highest BCUT2D eigenvalue weighted by molar-refractivity contribution is 6.26. The molecular weight excluding hydrogens is 797 g/mol. The van der Waals surface area contributed by atoms with Crippen molar-refractivity contribution in [3.05, 3.63) is 193 Å². The van der Waals surface area contributed by atoms with Crippen LogP contribution in [0, 0.1) is 0 Å². The zero-order chi connectivity index (χ0) is 43.6. The molecule has 0 bridgehead atoms. The molecule has 0 fully saturated rings. The van der Waals surface area contributed by atoms with Crippen LogP contribution >= 0.6 is 0 Å². The third kappa shape index (κ3) is 7.94. The van der Waals surface area contributed by atoms with Crippen LogP contribution in [-0.2, 0) is 26.2 Å². The Bertz CT molecular complexity index is 2760. The lowest BCUT2D eigenvalue weighted by Crippen LogP contribution is -2.42. The van der Waals surface area contributed by atoms with E-state index in [9.17, 15) is 19.2 Å². The number of carbonyl (C=O) groups is 4. The van der Waals surface area contributed by atoms with Gasteiger partial charge in [-0.1, -0.05) is 48.5 Å². The van der Waals surface area contributed by atoms with Gasteiger partial charge in [-0.25, -0.2) is 18.3 Å². The molecule has 0 saturated heterocycles. The van der Waals surface area contributed by atoms with Gasteiger partial charge in [0, 0.05) is 120 Å². The Morgan fingerprint density at radius 1 is 0.312 bits per heavy atom. The second kappa shape index (κ2) is 17.6. The average molecular weight is 845 g/mol. The van der Waals surface area contributed by atoms with E-state index in [1.165, 1.54) is 9.80 Å². The van der Waals surface area contributed by atoms with Crippen molar-refractivity contribution in [2.24, 2.45) is 0 Å². The maximum absolute atomic E-state index is 13.2. The number of amides is 4. The smallest absolute Gasteiger partial charge is 0.261 e. The van der Waals surface area contributed by atoms with Crippen LogP contribution in [0.1, 0.15) is 67.1 Å². The van der Waals surface area contributed by atoms with Gasteiger partial charge in [0.25, 0.3) is 23.6 Å². The Kier molecular flexibility index (Phi) is 11.1. The molecule has 0 spiro atoms. The molecule has 0 saturated carbocycles. The lowest BCUT2D eigenvalue weighted by Gasteiger charge is -2.26. The number of hydrogen-bond donors (Lipinski definition) is 0. The zero-order valence-corrected chi connectivity index (χ0v) is 35.6. The molecule has 64 heavy (non-hydrogen) atoms. The van der Waals surface area contributed by atoms with Crippen molar-refractivity contribution >= 4 is 45.2 Å². The van der Waals surface area contributed by atoms with Crippen LogP contribution in [0.2, 0.25) is 0 Å². The Labute approximate surface area is 371 Å². The summed E-state index contributed by atoms with van der Waals surface area (Å²) in [6.45, 7) is 4.00. The van der Waals surface area contributed by atoms with Gasteiger partial charge >= 0.3 is 0 Å². The summed E-state index contributed by atoms with van der Waals surface area (Å²) in [5.41, 5.74) is 6.96. The zero-order valence-electron chi connectivity index (χ0n) is 35.6. The average Bonchev–Trinajstić information content (AvgIpc) is 3.34. The number of pyridine rings is 4. The van der Waals surface area contributed by atoms with E-state index in [-0.39, 0.29) is 23.6 Å². The highest BCUT2D eigenvalue weighted by Crippen LogP contribution is 2.31. The number of aryl methyl sites for hydroxylation is 4. The first kappa shape index (κ1) is 40.4. The minimum Gasteiger partial charge on any atom is -0.274 e. The molecule has 10 heteroatoms. The number of benzene rings is 4. The molecule has 4 aromatic heterocycles. The van der Waals surface area contributed by atoms with Crippen molar-refractivity contribution in [3.8, 4) is 22.3 Å². The van der Waals surface area contributed by atoms with Gasteiger partial charge in [-0.3, -0.25) is 29.0 Å². The van der Waals surface area contributed by atoms with Crippen LogP contribution in [0.15, 0.2) is 171 Å². The first-order chi connectivity index (χ1) is 31.4. The second-order valence-corrected chi connectivity index (χ2v) is 16.7. The third-order valence-corrected chi connectivity index (χ3v) is 12.6. The molecular formula is C54H48N6O4+4. The molecule has 2 aliphatic rings. The Balaban J connectivity index is 0.647. The first-order valence-electron chi connectivity index (χ1n) is 22.1. The van der Waals surface area contributed by atoms with Gasteiger partial charge in [-0.2, -0.15) is 0 Å². The van der Waals surface area contributed by atoms with Crippen LogP contribution in [0.25, 0.3) is 43.8 Å². The molecule has 0 N–H and O–H groups in total. The van der Waals surface area contributed by atoms with Crippen LogP contribution in [0.3, 0.4) is 0 Å². The minimum atomic E-state index is -0.218. The predicted molar refractivity (Wildman–Crippen MR) is 242 cm³/mol. The quantitative estimate of drug-likeness (QED) is 0.0615. The van der Waals surface area contributed by atoms with E-state index in [4.69, 9.17) is 0 Å². The standard InChI is InChI=1S/C54H48N6O4/c61-51-45-13-3-9-43-10-4-14-46(49(43)45)52(62)59(51)29-7-27-57-35-21-41(22-36-57)39-17-31-55(32-18-39)25-1-2-26-56-33-19-40(20-34-56)42-23-37-58(38-24-42)28-8-30-60-53(63)47-15-5-11-44-12-6-16-48(50(44)47)54(60)64/h3-6,9-24,31-38H,1-2,7-8,25-30H2/q+4. The van der Waals surface area contributed by atoms with Gasteiger partial charge in [-0.15, -0.1) is 0 Å². The third-order valence-electron chi connectivity index (χ3n) is 12.6. The van der Waals surface area contributed by atoms with Crippen molar-refractivity contribution in [2.75, 3.05) is 13.1 Å². The summed E-state index contributed by atoms with van der Waals surface area (Å²) in [5.74, 6) is -0.870. The van der Waals surface area contributed by atoms with Crippen molar-refractivity contribution < 1.29 is 37.4 Å². The number of nitrogens with zero attached hydrogens (tertiary/aromatic N) is 6. The van der Waals surface area contributed by atoms with Crippen molar-refractivity contribution in [1.29, 1.82) is 0 Å². The molecule has 0 atom stereocenters. The van der Waals surface area contributed by atoms with Crippen molar-refractivity contribution in [2.45, 2.75) is 51.9 Å². The maximum atomic E-state index is 13.2. The molecule has 0 aliphatic carbocycles. The van der Waals surface area contributed by atoms with Crippen LogP contribution in [0.5, 0.6) is 0 Å². The fourth-order valence-electron chi connectivity index (χ4n) is 9.17. The van der Waals surface area contributed by atoms with Crippen LogP contribution in [-0.4, -0.2) is 46.5 Å². The van der Waals surface area contributed by atoms with Gasteiger partial charge < -0.3 is 0 Å². The van der Waals surface area contributed by atoms with E-state index in [0.29, 0.717) is 61.3 Å². The molecule has 6 heterocycles. The minimum absolute atomic E-state index is 0.218. The summed E-state index contributed by atoms with van der Waals surface area (Å²) in [5, 5.41) is 3.35. The summed E-state index contributed by atoms with van der Waals surface area (Å²) in [7, 11) is 0. The molecule has 4 amide bonds. The number of carbonyl (C=O) groups excluding carboxylic acids is 4. The number of unbranched alkanes of at least 4 members (excludes halogenated alkanes) is 1.